The zero-order valence-corrected chi connectivity index (χ0v) is 13.6. The molecular weight excluding hydrogens is 292 g/mol. The van der Waals surface area contributed by atoms with Crippen LogP contribution in [0.4, 0.5) is 0 Å². The molecule has 2 N–H and O–H groups in total. The Bertz CT molecular complexity index is 479. The number of amides is 1. The van der Waals surface area contributed by atoms with Crippen molar-refractivity contribution in [2.45, 2.75) is 62.0 Å². The standard InChI is InChI=1S/C14H26N2O4S/c1-16(14(17)12-8-7-10(9-15)20-12)11-5-3-4-6-13(11)21(2,18)19/h10-13H,3-9,15H2,1-2H3/t10-,11?,12+,13?/m1/s1. The van der Waals surface area contributed by atoms with E-state index in [1.54, 1.807) is 11.9 Å². The summed E-state index contributed by atoms with van der Waals surface area (Å²) in [6, 6.07) is -0.234. The van der Waals surface area contributed by atoms with Gasteiger partial charge in [0.25, 0.3) is 5.91 Å². The van der Waals surface area contributed by atoms with Gasteiger partial charge >= 0.3 is 0 Å². The summed E-state index contributed by atoms with van der Waals surface area (Å²) in [5.74, 6) is -0.105. The van der Waals surface area contributed by atoms with E-state index < -0.39 is 21.2 Å². The summed E-state index contributed by atoms with van der Waals surface area (Å²) < 4.78 is 29.6. The molecule has 2 aliphatic rings. The number of carbonyl (C=O) groups excluding carboxylic acids is 1. The van der Waals surface area contributed by atoms with E-state index in [-0.39, 0.29) is 18.1 Å². The molecule has 1 aliphatic carbocycles. The quantitative estimate of drug-likeness (QED) is 0.805. The Morgan fingerprint density at radius 1 is 1.24 bits per heavy atom. The topological polar surface area (TPSA) is 89.7 Å². The zero-order chi connectivity index (χ0) is 15.6. The van der Waals surface area contributed by atoms with Crippen LogP contribution >= 0.6 is 0 Å². The lowest BCUT2D eigenvalue weighted by Gasteiger charge is -2.37. The second-order valence-electron chi connectivity index (χ2n) is 6.23. The van der Waals surface area contributed by atoms with Crippen LogP contribution in [0.1, 0.15) is 38.5 Å². The van der Waals surface area contributed by atoms with Gasteiger partial charge in [0.05, 0.1) is 11.4 Å². The van der Waals surface area contributed by atoms with Gasteiger partial charge in [-0.05, 0) is 25.7 Å². The van der Waals surface area contributed by atoms with E-state index in [1.807, 2.05) is 0 Å². The van der Waals surface area contributed by atoms with Crippen LogP contribution in [0.15, 0.2) is 0 Å². The van der Waals surface area contributed by atoms with E-state index in [9.17, 15) is 13.2 Å². The number of carbonyl (C=O) groups is 1. The van der Waals surface area contributed by atoms with Crippen molar-refractivity contribution < 1.29 is 17.9 Å². The average molecular weight is 318 g/mol. The molecule has 0 bridgehead atoms. The maximum absolute atomic E-state index is 12.5. The first-order chi connectivity index (χ1) is 9.84. The second-order valence-corrected chi connectivity index (χ2v) is 8.49. The molecule has 0 spiro atoms. The summed E-state index contributed by atoms with van der Waals surface area (Å²) in [6.07, 6.45) is 5.46. The average Bonchev–Trinajstić information content (AvgIpc) is 2.93. The van der Waals surface area contributed by atoms with Gasteiger partial charge in [0.2, 0.25) is 0 Å². The van der Waals surface area contributed by atoms with E-state index in [2.05, 4.69) is 0 Å². The van der Waals surface area contributed by atoms with Crippen LogP contribution in [0.2, 0.25) is 0 Å². The highest BCUT2D eigenvalue weighted by atomic mass is 32.2. The Morgan fingerprint density at radius 3 is 2.48 bits per heavy atom. The molecular formula is C14H26N2O4S. The van der Waals surface area contributed by atoms with E-state index in [0.717, 1.165) is 25.7 Å². The number of hydrogen-bond acceptors (Lipinski definition) is 5. The molecule has 0 aromatic heterocycles. The third-order valence-corrected chi connectivity index (χ3v) is 6.36. The van der Waals surface area contributed by atoms with Crippen molar-refractivity contribution in [1.29, 1.82) is 0 Å². The summed E-state index contributed by atoms with van der Waals surface area (Å²) in [5, 5.41) is -0.452. The summed E-state index contributed by atoms with van der Waals surface area (Å²) in [4.78, 5) is 14.1. The van der Waals surface area contributed by atoms with E-state index >= 15 is 0 Å². The number of rotatable bonds is 4. The highest BCUT2D eigenvalue weighted by Crippen LogP contribution is 2.29. The summed E-state index contributed by atoms with van der Waals surface area (Å²) in [5.41, 5.74) is 5.57. The van der Waals surface area contributed by atoms with Gasteiger partial charge < -0.3 is 15.4 Å². The molecule has 1 heterocycles. The zero-order valence-electron chi connectivity index (χ0n) is 12.8. The van der Waals surface area contributed by atoms with Gasteiger partial charge in [0, 0.05) is 25.9 Å². The Kier molecular flexibility index (Phi) is 5.27. The molecule has 1 aliphatic heterocycles. The van der Waals surface area contributed by atoms with Crippen LogP contribution in [0.25, 0.3) is 0 Å². The molecule has 2 unspecified atom stereocenters. The first-order valence-corrected chi connectivity index (χ1v) is 9.61. The number of nitrogens with two attached hydrogens (primary N) is 1. The number of sulfone groups is 1. The molecule has 2 rings (SSSR count). The van der Waals surface area contributed by atoms with E-state index in [0.29, 0.717) is 19.4 Å². The molecule has 0 radical (unpaired) electrons. The van der Waals surface area contributed by atoms with Crippen LogP contribution in [-0.4, -0.2) is 62.6 Å². The van der Waals surface area contributed by atoms with Gasteiger partial charge in [-0.1, -0.05) is 12.8 Å². The summed E-state index contributed by atoms with van der Waals surface area (Å²) in [6.45, 7) is 0.420. The van der Waals surface area contributed by atoms with Gasteiger partial charge in [0.15, 0.2) is 9.84 Å². The van der Waals surface area contributed by atoms with Crippen LogP contribution in [-0.2, 0) is 19.4 Å². The van der Waals surface area contributed by atoms with Gasteiger partial charge in [0.1, 0.15) is 6.10 Å². The number of likely N-dealkylation sites (N-methyl/N-ethyl adjacent to an activating group) is 1. The van der Waals surface area contributed by atoms with Gasteiger partial charge in [-0.2, -0.15) is 0 Å². The largest absolute Gasteiger partial charge is 0.364 e. The Hall–Kier alpha value is -0.660. The summed E-state index contributed by atoms with van der Waals surface area (Å²) >= 11 is 0. The normalized spacial score (nSPS) is 33.9. The van der Waals surface area contributed by atoms with Crippen molar-refractivity contribution in [2.75, 3.05) is 19.8 Å². The summed E-state index contributed by atoms with van der Waals surface area (Å²) in [7, 11) is -1.44. The SMILES string of the molecule is CN(C(=O)[C@@H]1CC[C@H](CN)O1)C1CCCCC1S(C)(=O)=O. The third kappa shape index (κ3) is 3.76. The first kappa shape index (κ1) is 16.7. The lowest BCUT2D eigenvalue weighted by molar-refractivity contribution is -0.144. The highest BCUT2D eigenvalue weighted by molar-refractivity contribution is 7.91. The second kappa shape index (κ2) is 6.62. The molecule has 0 aromatic rings. The third-order valence-electron chi connectivity index (χ3n) is 4.71. The molecule has 1 saturated heterocycles. The van der Waals surface area contributed by atoms with Gasteiger partial charge in [-0.15, -0.1) is 0 Å². The predicted octanol–water partition coefficient (Wildman–Crippen LogP) is 0.307. The molecule has 122 valence electrons. The maximum Gasteiger partial charge on any atom is 0.251 e. The Balaban J connectivity index is 2.07. The molecule has 21 heavy (non-hydrogen) atoms. The fourth-order valence-electron chi connectivity index (χ4n) is 3.47. The monoisotopic (exact) mass is 318 g/mol. The first-order valence-electron chi connectivity index (χ1n) is 7.65. The van der Waals surface area contributed by atoms with E-state index in [4.69, 9.17) is 10.5 Å². The molecule has 6 nitrogen and oxygen atoms in total. The van der Waals surface area contributed by atoms with Crippen LogP contribution < -0.4 is 5.73 Å². The molecule has 1 saturated carbocycles. The number of hydrogen-bond donors (Lipinski definition) is 1. The van der Waals surface area contributed by atoms with Crippen LogP contribution in [0, 0.1) is 0 Å². The van der Waals surface area contributed by atoms with Crippen molar-refractivity contribution in [3.05, 3.63) is 0 Å². The smallest absolute Gasteiger partial charge is 0.251 e. The highest BCUT2D eigenvalue weighted by Gasteiger charge is 2.40. The fourth-order valence-corrected chi connectivity index (χ4v) is 4.96. The Labute approximate surface area is 126 Å². The maximum atomic E-state index is 12.5. The molecule has 0 aromatic carbocycles. The lowest BCUT2D eigenvalue weighted by Crippen LogP contribution is -2.51. The minimum absolute atomic E-state index is 0.0515. The molecule has 2 fully saturated rings. The molecule has 1 amide bonds. The van der Waals surface area contributed by atoms with Gasteiger partial charge in [-0.25, -0.2) is 8.42 Å². The van der Waals surface area contributed by atoms with Crippen molar-refractivity contribution in [3.63, 3.8) is 0 Å². The fraction of sp³-hybridized carbons (Fsp3) is 0.929. The van der Waals surface area contributed by atoms with Crippen LogP contribution in [0.3, 0.4) is 0 Å². The van der Waals surface area contributed by atoms with Crippen molar-refractivity contribution in [2.24, 2.45) is 5.73 Å². The Morgan fingerprint density at radius 2 is 1.90 bits per heavy atom. The lowest BCUT2D eigenvalue weighted by atomic mass is 9.93. The van der Waals surface area contributed by atoms with E-state index in [1.165, 1.54) is 6.26 Å². The number of nitrogens with zero attached hydrogens (tertiary/aromatic N) is 1. The number of ether oxygens (including phenoxy) is 1. The van der Waals surface area contributed by atoms with Crippen molar-refractivity contribution in [1.82, 2.24) is 4.90 Å². The van der Waals surface area contributed by atoms with Crippen molar-refractivity contribution in [3.8, 4) is 0 Å². The molecule has 4 atom stereocenters. The van der Waals surface area contributed by atoms with Gasteiger partial charge in [-0.3, -0.25) is 4.79 Å². The van der Waals surface area contributed by atoms with Crippen LogP contribution in [0.5, 0.6) is 0 Å². The molecule has 7 heteroatoms. The predicted molar refractivity (Wildman–Crippen MR) is 80.6 cm³/mol. The minimum atomic E-state index is -3.15. The van der Waals surface area contributed by atoms with Crippen molar-refractivity contribution >= 4 is 15.7 Å². The minimum Gasteiger partial charge on any atom is -0.364 e.